The second kappa shape index (κ2) is 5.27. The van der Waals surface area contributed by atoms with E-state index in [0.717, 1.165) is 11.4 Å². The minimum atomic E-state index is -0.403. The smallest absolute Gasteiger partial charge is 0.260 e. The van der Waals surface area contributed by atoms with Crippen molar-refractivity contribution in [3.63, 3.8) is 0 Å². The van der Waals surface area contributed by atoms with Gasteiger partial charge < -0.3 is 10.3 Å². The van der Waals surface area contributed by atoms with Crippen LogP contribution < -0.4 is 10.9 Å². The highest BCUT2D eigenvalue weighted by Gasteiger charge is 2.08. The lowest BCUT2D eigenvalue weighted by Crippen LogP contribution is -2.29. The summed E-state index contributed by atoms with van der Waals surface area (Å²) in [5.74, 6) is -0.403. The lowest BCUT2D eigenvalue weighted by molar-refractivity contribution is 0.0949. The molecule has 0 aromatic carbocycles. The molecule has 0 unspecified atom stereocenters. The lowest BCUT2D eigenvalue weighted by atomic mass is 10.2. The second-order valence-electron chi connectivity index (χ2n) is 3.87. The first kappa shape index (κ1) is 12.0. The predicted molar refractivity (Wildman–Crippen MR) is 67.2 cm³/mol. The summed E-state index contributed by atoms with van der Waals surface area (Å²) in [6, 6.07) is 8.67. The summed E-state index contributed by atoms with van der Waals surface area (Å²) in [5, 5.41) is 2.66. The Morgan fingerprint density at radius 2 is 2.17 bits per heavy atom. The number of hydrogen-bond donors (Lipinski definition) is 2. The number of rotatable bonds is 3. The average molecular weight is 243 g/mol. The third-order valence-electron chi connectivity index (χ3n) is 2.44. The van der Waals surface area contributed by atoms with E-state index in [1.807, 2.05) is 25.1 Å². The van der Waals surface area contributed by atoms with Crippen LogP contribution in [0.25, 0.3) is 0 Å². The van der Waals surface area contributed by atoms with Crippen LogP contribution in [0.15, 0.2) is 41.3 Å². The fraction of sp³-hybridized carbons (Fsp3) is 0.154. The third kappa shape index (κ3) is 2.82. The van der Waals surface area contributed by atoms with Gasteiger partial charge >= 0.3 is 0 Å². The van der Waals surface area contributed by atoms with Crippen molar-refractivity contribution in [2.24, 2.45) is 0 Å². The molecule has 0 aliphatic carbocycles. The van der Waals surface area contributed by atoms with Gasteiger partial charge in [-0.1, -0.05) is 6.07 Å². The van der Waals surface area contributed by atoms with E-state index < -0.39 is 11.5 Å². The zero-order valence-corrected chi connectivity index (χ0v) is 9.93. The van der Waals surface area contributed by atoms with Gasteiger partial charge in [-0.2, -0.15) is 0 Å². The highest BCUT2D eigenvalue weighted by Crippen LogP contribution is 1.98. The van der Waals surface area contributed by atoms with Crippen LogP contribution in [0.5, 0.6) is 0 Å². The Labute approximate surface area is 104 Å². The lowest BCUT2D eigenvalue weighted by Gasteiger charge is -2.04. The normalized spacial score (nSPS) is 10.1. The summed E-state index contributed by atoms with van der Waals surface area (Å²) in [6.45, 7) is 2.18. The minimum Gasteiger partial charge on any atom is -0.346 e. The van der Waals surface area contributed by atoms with Gasteiger partial charge in [0.15, 0.2) is 0 Å². The molecule has 0 spiro atoms. The SMILES string of the molecule is Cc1cccc(CNC(=O)c2ccc[nH]c2=O)n1. The van der Waals surface area contributed by atoms with Crippen LogP contribution in [-0.4, -0.2) is 15.9 Å². The predicted octanol–water partition coefficient (Wildman–Crippen LogP) is 1.01. The number of nitrogens with zero attached hydrogens (tertiary/aromatic N) is 1. The summed E-state index contributed by atoms with van der Waals surface area (Å²) in [6.07, 6.45) is 1.49. The maximum absolute atomic E-state index is 11.8. The number of aryl methyl sites for hydroxylation is 1. The quantitative estimate of drug-likeness (QED) is 0.844. The fourth-order valence-corrected chi connectivity index (χ4v) is 1.56. The zero-order valence-electron chi connectivity index (χ0n) is 9.93. The van der Waals surface area contributed by atoms with Crippen molar-refractivity contribution in [3.8, 4) is 0 Å². The number of pyridine rings is 2. The van der Waals surface area contributed by atoms with Crippen molar-refractivity contribution in [2.45, 2.75) is 13.5 Å². The molecule has 0 atom stereocenters. The van der Waals surface area contributed by atoms with Gasteiger partial charge in [-0.3, -0.25) is 14.6 Å². The molecule has 0 radical (unpaired) electrons. The molecule has 0 aliphatic rings. The molecule has 5 nitrogen and oxygen atoms in total. The van der Waals surface area contributed by atoms with Crippen LogP contribution in [0.3, 0.4) is 0 Å². The number of hydrogen-bond acceptors (Lipinski definition) is 3. The number of carbonyl (C=O) groups excluding carboxylic acids is 1. The molecule has 0 saturated heterocycles. The number of amides is 1. The molecule has 2 rings (SSSR count). The van der Waals surface area contributed by atoms with E-state index in [2.05, 4.69) is 15.3 Å². The Bertz CT molecular complexity index is 619. The maximum Gasteiger partial charge on any atom is 0.260 e. The first-order valence-corrected chi connectivity index (χ1v) is 5.55. The molecule has 0 bridgehead atoms. The molecular formula is C13H13N3O2. The molecule has 1 amide bonds. The van der Waals surface area contributed by atoms with E-state index in [-0.39, 0.29) is 5.56 Å². The molecule has 0 saturated carbocycles. The first-order chi connectivity index (χ1) is 8.66. The van der Waals surface area contributed by atoms with Crippen LogP contribution in [-0.2, 0) is 6.54 Å². The van der Waals surface area contributed by atoms with Crippen LogP contribution in [0.4, 0.5) is 0 Å². The molecule has 18 heavy (non-hydrogen) atoms. The van der Waals surface area contributed by atoms with Crippen LogP contribution in [0.1, 0.15) is 21.7 Å². The molecule has 5 heteroatoms. The molecule has 2 N–H and O–H groups in total. The maximum atomic E-state index is 11.8. The number of nitrogens with one attached hydrogen (secondary N) is 2. The standard InChI is InChI=1S/C13H13N3O2/c1-9-4-2-5-10(16-9)8-15-13(18)11-6-3-7-14-12(11)17/h2-7H,8H2,1H3,(H,14,17)(H,15,18). The highest BCUT2D eigenvalue weighted by atomic mass is 16.2. The largest absolute Gasteiger partial charge is 0.346 e. The third-order valence-corrected chi connectivity index (χ3v) is 2.44. The highest BCUT2D eigenvalue weighted by molar-refractivity contribution is 5.93. The molecule has 2 aromatic heterocycles. The second-order valence-corrected chi connectivity index (χ2v) is 3.87. The van der Waals surface area contributed by atoms with Gasteiger partial charge in [-0.05, 0) is 31.2 Å². The van der Waals surface area contributed by atoms with Crippen LogP contribution in [0.2, 0.25) is 0 Å². The molecule has 2 heterocycles. The number of H-pyrrole nitrogens is 1. The van der Waals surface area contributed by atoms with E-state index in [0.29, 0.717) is 6.54 Å². The zero-order chi connectivity index (χ0) is 13.0. The molecular weight excluding hydrogens is 230 g/mol. The van der Waals surface area contributed by atoms with Crippen molar-refractivity contribution in [2.75, 3.05) is 0 Å². The van der Waals surface area contributed by atoms with Crippen LogP contribution in [0, 0.1) is 6.92 Å². The monoisotopic (exact) mass is 243 g/mol. The van der Waals surface area contributed by atoms with Gasteiger partial charge in [-0.15, -0.1) is 0 Å². The van der Waals surface area contributed by atoms with Gasteiger partial charge in [-0.25, -0.2) is 0 Å². The fourth-order valence-electron chi connectivity index (χ4n) is 1.56. The summed E-state index contributed by atoms with van der Waals surface area (Å²) < 4.78 is 0. The Kier molecular flexibility index (Phi) is 3.52. The van der Waals surface area contributed by atoms with Gasteiger partial charge in [0.1, 0.15) is 5.56 Å². The summed E-state index contributed by atoms with van der Waals surface area (Å²) >= 11 is 0. The van der Waals surface area contributed by atoms with Gasteiger partial charge in [0.05, 0.1) is 12.2 Å². The summed E-state index contributed by atoms with van der Waals surface area (Å²) in [7, 11) is 0. The topological polar surface area (TPSA) is 74.8 Å². The average Bonchev–Trinajstić information content (AvgIpc) is 2.37. The molecule has 92 valence electrons. The Morgan fingerprint density at radius 3 is 2.89 bits per heavy atom. The van der Waals surface area contributed by atoms with Gasteiger partial charge in [0, 0.05) is 11.9 Å². The molecule has 0 aliphatic heterocycles. The Morgan fingerprint density at radius 1 is 1.33 bits per heavy atom. The van der Waals surface area contributed by atoms with E-state index in [1.165, 1.54) is 12.3 Å². The summed E-state index contributed by atoms with van der Waals surface area (Å²) in [5.41, 5.74) is 1.35. The summed E-state index contributed by atoms with van der Waals surface area (Å²) in [4.78, 5) is 29.9. The first-order valence-electron chi connectivity index (χ1n) is 5.55. The Hall–Kier alpha value is -2.43. The van der Waals surface area contributed by atoms with E-state index in [4.69, 9.17) is 0 Å². The van der Waals surface area contributed by atoms with Crippen molar-refractivity contribution in [3.05, 3.63) is 63.8 Å². The van der Waals surface area contributed by atoms with Crippen molar-refractivity contribution in [1.82, 2.24) is 15.3 Å². The number of carbonyl (C=O) groups is 1. The van der Waals surface area contributed by atoms with Crippen molar-refractivity contribution < 1.29 is 4.79 Å². The Balaban J connectivity index is 2.05. The minimum absolute atomic E-state index is 0.102. The molecule has 2 aromatic rings. The van der Waals surface area contributed by atoms with Crippen LogP contribution >= 0.6 is 0 Å². The van der Waals surface area contributed by atoms with Crippen molar-refractivity contribution in [1.29, 1.82) is 0 Å². The number of aromatic nitrogens is 2. The number of aromatic amines is 1. The van der Waals surface area contributed by atoms with Gasteiger partial charge in [0.2, 0.25) is 0 Å². The van der Waals surface area contributed by atoms with Gasteiger partial charge in [0.25, 0.3) is 11.5 Å². The van der Waals surface area contributed by atoms with E-state index in [1.54, 1.807) is 6.07 Å². The van der Waals surface area contributed by atoms with Crippen molar-refractivity contribution >= 4 is 5.91 Å². The molecule has 0 fully saturated rings. The van der Waals surface area contributed by atoms with E-state index >= 15 is 0 Å². The van der Waals surface area contributed by atoms with E-state index in [9.17, 15) is 9.59 Å².